The second-order valence-corrected chi connectivity index (χ2v) is 12.5. The minimum atomic E-state index is -3.67. The predicted octanol–water partition coefficient (Wildman–Crippen LogP) is 3.63. The fraction of sp³-hybridized carbons (Fsp3) is 0.519. The van der Waals surface area contributed by atoms with Crippen molar-refractivity contribution in [1.82, 2.24) is 10.1 Å². The average molecular weight is 516 g/mol. The smallest absolute Gasteiger partial charge is 0.261 e. The molecule has 0 amide bonds. The second-order valence-electron chi connectivity index (χ2n) is 11.0. The van der Waals surface area contributed by atoms with E-state index in [2.05, 4.69) is 66.9 Å². The number of anilines is 1. The Bertz CT molecular complexity index is 1320. The first-order chi connectivity index (χ1) is 16.8. The summed E-state index contributed by atoms with van der Waals surface area (Å²) in [5.41, 5.74) is 4.42. The zero-order chi connectivity index (χ0) is 26.3. The van der Waals surface area contributed by atoms with Crippen LogP contribution in [0.15, 0.2) is 47.0 Å². The molecule has 3 aromatic rings. The number of piperazine rings is 1. The van der Waals surface area contributed by atoms with E-state index in [1.165, 1.54) is 16.7 Å². The molecule has 1 aliphatic carbocycles. The van der Waals surface area contributed by atoms with E-state index in [0.29, 0.717) is 6.26 Å². The van der Waals surface area contributed by atoms with Crippen LogP contribution in [0.25, 0.3) is 11.0 Å². The third kappa shape index (κ3) is 5.44. The lowest BCUT2D eigenvalue weighted by atomic mass is 9.78. The van der Waals surface area contributed by atoms with Crippen LogP contribution >= 0.6 is 0 Å². The summed E-state index contributed by atoms with van der Waals surface area (Å²) in [6.45, 7) is 13.7. The minimum absolute atomic E-state index is 0.195. The molecule has 2 aliphatic rings. The summed E-state index contributed by atoms with van der Waals surface area (Å²) in [6.07, 6.45) is 1.39. The van der Waals surface area contributed by atoms with Crippen molar-refractivity contribution >= 4 is 26.9 Å². The molecule has 2 heterocycles. The van der Waals surface area contributed by atoms with E-state index >= 15 is 0 Å². The number of aliphatic hydroxyl groups is 1. The lowest BCUT2D eigenvalue weighted by molar-refractivity contribution is 0.0566. The van der Waals surface area contributed by atoms with Gasteiger partial charge in [0.05, 0.1) is 17.7 Å². The molecule has 1 atom stereocenters. The van der Waals surface area contributed by atoms with Crippen LogP contribution < -0.4 is 4.90 Å². The SMILES string of the molecule is CC1(C)c2ccc(CCN3CCN(c4noc5ccccc45)CC3)cc2C(C)(C)C1O.CS(=O)(=O)O. The van der Waals surface area contributed by atoms with E-state index in [4.69, 9.17) is 9.08 Å². The van der Waals surface area contributed by atoms with Crippen molar-refractivity contribution in [2.75, 3.05) is 43.9 Å². The molecule has 196 valence electrons. The number of nitrogens with zero attached hydrogens (tertiary/aromatic N) is 3. The molecule has 9 heteroatoms. The summed E-state index contributed by atoms with van der Waals surface area (Å²) >= 11 is 0. The van der Waals surface area contributed by atoms with E-state index < -0.39 is 10.1 Å². The average Bonchev–Trinajstić information content (AvgIpc) is 3.30. The summed E-state index contributed by atoms with van der Waals surface area (Å²) in [5.74, 6) is 0.970. The monoisotopic (exact) mass is 515 g/mol. The Morgan fingerprint density at radius 2 is 1.61 bits per heavy atom. The molecule has 36 heavy (non-hydrogen) atoms. The molecule has 1 fully saturated rings. The highest BCUT2D eigenvalue weighted by molar-refractivity contribution is 7.85. The van der Waals surface area contributed by atoms with Gasteiger partial charge < -0.3 is 14.5 Å². The van der Waals surface area contributed by atoms with Crippen molar-refractivity contribution in [1.29, 1.82) is 0 Å². The van der Waals surface area contributed by atoms with Crippen molar-refractivity contribution in [3.63, 3.8) is 0 Å². The minimum Gasteiger partial charge on any atom is -0.391 e. The van der Waals surface area contributed by atoms with Gasteiger partial charge in [0, 0.05) is 43.6 Å². The van der Waals surface area contributed by atoms with Crippen LogP contribution in [0.3, 0.4) is 0 Å². The van der Waals surface area contributed by atoms with Crippen LogP contribution in [0.5, 0.6) is 0 Å². The Kier molecular flexibility index (Phi) is 7.22. The Morgan fingerprint density at radius 1 is 1.00 bits per heavy atom. The molecule has 1 saturated heterocycles. The molecule has 8 nitrogen and oxygen atoms in total. The van der Waals surface area contributed by atoms with Crippen molar-refractivity contribution in [3.05, 3.63) is 59.2 Å². The third-order valence-corrected chi connectivity index (χ3v) is 7.59. The molecule has 1 unspecified atom stereocenters. The van der Waals surface area contributed by atoms with Crippen LogP contribution in [-0.2, 0) is 27.4 Å². The first-order valence-electron chi connectivity index (χ1n) is 12.3. The highest BCUT2D eigenvalue weighted by Gasteiger charge is 2.50. The number of fused-ring (bicyclic) bond motifs is 2. The lowest BCUT2D eigenvalue weighted by Crippen LogP contribution is -2.47. The molecule has 0 spiro atoms. The topological polar surface area (TPSA) is 107 Å². The summed E-state index contributed by atoms with van der Waals surface area (Å²) in [4.78, 5) is 4.87. The van der Waals surface area contributed by atoms with Gasteiger partial charge in [-0.25, -0.2) is 0 Å². The first kappa shape index (κ1) is 26.6. The highest BCUT2D eigenvalue weighted by Crippen LogP contribution is 2.49. The van der Waals surface area contributed by atoms with Crippen LogP contribution in [-0.4, -0.2) is 73.2 Å². The van der Waals surface area contributed by atoms with E-state index in [9.17, 15) is 13.5 Å². The van der Waals surface area contributed by atoms with Crippen molar-refractivity contribution in [2.24, 2.45) is 0 Å². The van der Waals surface area contributed by atoms with Gasteiger partial charge in [-0.1, -0.05) is 63.2 Å². The van der Waals surface area contributed by atoms with E-state index in [-0.39, 0.29) is 16.9 Å². The molecule has 1 aromatic heterocycles. The number of hydrogen-bond acceptors (Lipinski definition) is 7. The number of benzene rings is 2. The largest absolute Gasteiger partial charge is 0.391 e. The van der Waals surface area contributed by atoms with E-state index in [1.807, 2.05) is 18.2 Å². The normalized spacial score (nSPS) is 21.2. The first-order valence-corrected chi connectivity index (χ1v) is 14.2. The number of rotatable bonds is 4. The number of aromatic nitrogens is 1. The fourth-order valence-electron chi connectivity index (χ4n) is 5.61. The van der Waals surface area contributed by atoms with Crippen molar-refractivity contribution in [3.8, 4) is 0 Å². The molecule has 0 radical (unpaired) electrons. The second kappa shape index (κ2) is 9.78. The molecule has 2 N–H and O–H groups in total. The summed E-state index contributed by atoms with van der Waals surface area (Å²) in [7, 11) is -3.67. The Hall–Kier alpha value is -2.46. The zero-order valence-corrected chi connectivity index (χ0v) is 22.5. The van der Waals surface area contributed by atoms with Gasteiger partial charge in [-0.3, -0.25) is 9.45 Å². The lowest BCUT2D eigenvalue weighted by Gasteiger charge is -2.34. The Morgan fingerprint density at radius 3 is 2.28 bits per heavy atom. The van der Waals surface area contributed by atoms with E-state index in [0.717, 1.165) is 55.9 Å². The Labute approximate surface area is 213 Å². The van der Waals surface area contributed by atoms with Crippen LogP contribution in [0.1, 0.15) is 44.4 Å². The quantitative estimate of drug-likeness (QED) is 0.508. The molecule has 0 saturated carbocycles. The summed E-state index contributed by atoms with van der Waals surface area (Å²) in [5, 5.41) is 16.3. The van der Waals surface area contributed by atoms with Gasteiger partial charge in [0.1, 0.15) is 0 Å². The van der Waals surface area contributed by atoms with Gasteiger partial charge in [0.25, 0.3) is 10.1 Å². The van der Waals surface area contributed by atoms with Crippen LogP contribution in [0.4, 0.5) is 5.82 Å². The molecule has 1 aliphatic heterocycles. The van der Waals surface area contributed by atoms with Crippen LogP contribution in [0.2, 0.25) is 0 Å². The van der Waals surface area contributed by atoms with E-state index in [1.54, 1.807) is 0 Å². The van der Waals surface area contributed by atoms with Crippen molar-refractivity contribution < 1.29 is 22.6 Å². The van der Waals surface area contributed by atoms with Gasteiger partial charge in [-0.2, -0.15) is 8.42 Å². The third-order valence-electron chi connectivity index (χ3n) is 7.59. The summed E-state index contributed by atoms with van der Waals surface area (Å²) in [6, 6.07) is 14.9. The van der Waals surface area contributed by atoms with Gasteiger partial charge in [0.2, 0.25) is 0 Å². The molecule has 5 rings (SSSR count). The molecular formula is C27H37N3O5S. The van der Waals surface area contributed by atoms with Gasteiger partial charge in [-0.15, -0.1) is 0 Å². The van der Waals surface area contributed by atoms with Crippen molar-refractivity contribution in [2.45, 2.75) is 51.0 Å². The van der Waals surface area contributed by atoms with Gasteiger partial charge in [0.15, 0.2) is 11.4 Å². The maximum Gasteiger partial charge on any atom is 0.261 e. The van der Waals surface area contributed by atoms with Crippen LogP contribution in [0, 0.1) is 0 Å². The maximum atomic E-state index is 10.9. The van der Waals surface area contributed by atoms with Gasteiger partial charge in [-0.05, 0) is 35.2 Å². The molecule has 2 aromatic carbocycles. The predicted molar refractivity (Wildman–Crippen MR) is 142 cm³/mol. The summed E-state index contributed by atoms with van der Waals surface area (Å²) < 4.78 is 31.4. The number of hydrogen-bond donors (Lipinski definition) is 2. The standard InChI is InChI=1S/C26H33N3O2.CH4O3S/c1-25(2)20-10-9-18(17-21(20)26(3,4)24(25)30)11-12-28-13-15-29(16-14-28)23-19-7-5-6-8-22(19)31-27-23;1-5(2,3)4/h5-10,17,24,30H,11-16H2,1-4H3;1H3,(H,2,3,4). The fourth-order valence-corrected chi connectivity index (χ4v) is 5.61. The number of aliphatic hydroxyl groups excluding tert-OH is 1. The molecule has 0 bridgehead atoms. The molecular weight excluding hydrogens is 478 g/mol. The van der Waals surface area contributed by atoms with Gasteiger partial charge >= 0.3 is 0 Å². The maximum absolute atomic E-state index is 10.9. The highest BCUT2D eigenvalue weighted by atomic mass is 32.2. The Balaban J connectivity index is 0.000000556. The zero-order valence-electron chi connectivity index (χ0n) is 21.7. The number of para-hydroxylation sites is 1.